The van der Waals surface area contributed by atoms with Crippen LogP contribution in [0.15, 0.2) is 0 Å². The van der Waals surface area contributed by atoms with Crippen molar-refractivity contribution in [2.75, 3.05) is 24.7 Å². The predicted molar refractivity (Wildman–Crippen MR) is 86.8 cm³/mol. The van der Waals surface area contributed by atoms with Gasteiger partial charge in [-0.2, -0.15) is 11.8 Å². The molecule has 4 saturated heterocycles. The number of hydrogen-bond donors (Lipinski definition) is 1. The number of hydrogen-bond acceptors (Lipinski definition) is 4. The Morgan fingerprint density at radius 1 is 1.33 bits per heavy atom. The fourth-order valence-corrected chi connectivity index (χ4v) is 6.57. The molecule has 0 aromatic rings. The average molecular weight is 311 g/mol. The summed E-state index contributed by atoms with van der Waals surface area (Å²) in [6.07, 6.45) is 8.76. The topological polar surface area (TPSA) is 30.5 Å². The van der Waals surface area contributed by atoms with Crippen LogP contribution in [0.5, 0.6) is 0 Å². The zero-order valence-electron chi connectivity index (χ0n) is 13.2. The van der Waals surface area contributed by atoms with Gasteiger partial charge in [0.05, 0.1) is 17.8 Å². The van der Waals surface area contributed by atoms with Crippen LogP contribution in [0.25, 0.3) is 0 Å². The molecule has 0 aromatic carbocycles. The van der Waals surface area contributed by atoms with E-state index in [1.165, 1.54) is 50.0 Å². The van der Waals surface area contributed by atoms with Crippen LogP contribution in [0.4, 0.5) is 0 Å². The number of thioether (sulfide) groups is 1. The summed E-state index contributed by atoms with van der Waals surface area (Å²) in [6, 6.07) is 0.650. The van der Waals surface area contributed by atoms with Crippen LogP contribution in [0.2, 0.25) is 0 Å². The molecule has 4 heterocycles. The lowest BCUT2D eigenvalue weighted by molar-refractivity contribution is -0.0900. The fourth-order valence-electron chi connectivity index (χ4n) is 5.19. The average Bonchev–Trinajstić information content (AvgIpc) is 3.22. The maximum absolute atomic E-state index is 6.23. The van der Waals surface area contributed by atoms with Gasteiger partial charge in [-0.25, -0.2) is 0 Å². The Labute approximate surface area is 132 Å². The second-order valence-corrected chi connectivity index (χ2v) is 8.55. The summed E-state index contributed by atoms with van der Waals surface area (Å²) in [5.74, 6) is 4.04. The zero-order chi connectivity index (χ0) is 14.3. The van der Waals surface area contributed by atoms with E-state index in [1.807, 2.05) is 0 Å². The van der Waals surface area contributed by atoms with E-state index >= 15 is 0 Å². The quantitative estimate of drug-likeness (QED) is 0.865. The lowest BCUT2D eigenvalue weighted by Gasteiger charge is -2.43. The van der Waals surface area contributed by atoms with Gasteiger partial charge in [-0.1, -0.05) is 6.92 Å². The van der Waals surface area contributed by atoms with E-state index in [0.29, 0.717) is 18.2 Å². The minimum Gasteiger partial charge on any atom is -0.375 e. The van der Waals surface area contributed by atoms with E-state index in [1.54, 1.807) is 0 Å². The summed E-state index contributed by atoms with van der Waals surface area (Å²) in [5.41, 5.74) is 0.208. The summed E-state index contributed by atoms with van der Waals surface area (Å²) in [5, 5.41) is 3.84. The van der Waals surface area contributed by atoms with Gasteiger partial charge in [-0.3, -0.25) is 0 Å². The molecule has 3 nitrogen and oxygen atoms in total. The maximum Gasteiger partial charge on any atom is 0.0783 e. The largest absolute Gasteiger partial charge is 0.375 e. The number of fused-ring (bicyclic) bond motifs is 2. The molecule has 1 spiro atoms. The van der Waals surface area contributed by atoms with Crippen molar-refractivity contribution in [3.05, 3.63) is 0 Å². The second-order valence-electron chi connectivity index (χ2n) is 7.44. The highest BCUT2D eigenvalue weighted by molar-refractivity contribution is 7.99. The monoisotopic (exact) mass is 311 g/mol. The van der Waals surface area contributed by atoms with Crippen LogP contribution >= 0.6 is 11.8 Å². The first-order valence-corrected chi connectivity index (χ1v) is 10.1. The Morgan fingerprint density at radius 2 is 2.29 bits per heavy atom. The van der Waals surface area contributed by atoms with Crippen LogP contribution < -0.4 is 5.32 Å². The van der Waals surface area contributed by atoms with Crippen LogP contribution in [-0.4, -0.2) is 48.5 Å². The van der Waals surface area contributed by atoms with Crippen LogP contribution in [0.3, 0.4) is 0 Å². The molecule has 6 atom stereocenters. The molecular formula is C17H29NO2S. The van der Waals surface area contributed by atoms with Gasteiger partial charge in [0.1, 0.15) is 0 Å². The van der Waals surface area contributed by atoms with Crippen molar-refractivity contribution in [1.29, 1.82) is 0 Å². The summed E-state index contributed by atoms with van der Waals surface area (Å²) in [7, 11) is 0. The zero-order valence-corrected chi connectivity index (χ0v) is 14.0. The van der Waals surface area contributed by atoms with Crippen LogP contribution in [0.1, 0.15) is 45.4 Å². The Kier molecular flexibility index (Phi) is 4.25. The van der Waals surface area contributed by atoms with Crippen molar-refractivity contribution in [3.8, 4) is 0 Å². The van der Waals surface area contributed by atoms with Crippen molar-refractivity contribution in [1.82, 2.24) is 5.32 Å². The Bertz CT molecular complexity index is 372. The van der Waals surface area contributed by atoms with Gasteiger partial charge in [-0.05, 0) is 56.7 Å². The summed E-state index contributed by atoms with van der Waals surface area (Å²) < 4.78 is 12.4. The van der Waals surface area contributed by atoms with E-state index in [0.717, 1.165) is 25.0 Å². The van der Waals surface area contributed by atoms with Gasteiger partial charge in [0.15, 0.2) is 0 Å². The third-order valence-electron chi connectivity index (χ3n) is 6.16. The van der Waals surface area contributed by atoms with E-state index in [-0.39, 0.29) is 5.60 Å². The fraction of sp³-hybridized carbons (Fsp3) is 1.00. The lowest BCUT2D eigenvalue weighted by Crippen LogP contribution is -2.51. The third-order valence-corrected chi connectivity index (χ3v) is 7.38. The van der Waals surface area contributed by atoms with Crippen LogP contribution in [0, 0.1) is 11.8 Å². The molecule has 0 amide bonds. The van der Waals surface area contributed by atoms with Gasteiger partial charge in [-0.15, -0.1) is 0 Å². The molecule has 1 N–H and O–H groups in total. The van der Waals surface area contributed by atoms with Crippen molar-refractivity contribution in [2.24, 2.45) is 11.8 Å². The van der Waals surface area contributed by atoms with Crippen molar-refractivity contribution in [2.45, 2.75) is 69.3 Å². The van der Waals surface area contributed by atoms with Crippen LogP contribution in [-0.2, 0) is 9.47 Å². The highest BCUT2D eigenvalue weighted by Gasteiger charge is 2.49. The molecule has 0 aromatic heterocycles. The van der Waals surface area contributed by atoms with Crippen molar-refractivity contribution >= 4 is 11.8 Å². The van der Waals surface area contributed by atoms with E-state index < -0.39 is 0 Å². The molecule has 6 unspecified atom stereocenters. The van der Waals surface area contributed by atoms with E-state index in [2.05, 4.69) is 24.0 Å². The summed E-state index contributed by atoms with van der Waals surface area (Å²) >= 11 is 2.08. The summed E-state index contributed by atoms with van der Waals surface area (Å²) in [6.45, 7) is 4.30. The molecule has 4 heteroatoms. The van der Waals surface area contributed by atoms with Gasteiger partial charge >= 0.3 is 0 Å². The number of ether oxygens (including phenoxy) is 2. The molecular weight excluding hydrogens is 282 g/mol. The molecule has 120 valence electrons. The molecule has 21 heavy (non-hydrogen) atoms. The molecule has 2 bridgehead atoms. The molecule has 0 saturated carbocycles. The maximum atomic E-state index is 6.23. The minimum absolute atomic E-state index is 0.208. The molecule has 4 fully saturated rings. The molecule has 4 rings (SSSR count). The Hall–Kier alpha value is 0.230. The van der Waals surface area contributed by atoms with E-state index in [9.17, 15) is 0 Å². The first-order valence-electron chi connectivity index (χ1n) is 8.90. The van der Waals surface area contributed by atoms with Gasteiger partial charge in [0.25, 0.3) is 0 Å². The van der Waals surface area contributed by atoms with E-state index in [4.69, 9.17) is 9.47 Å². The SMILES string of the molecule is CCNC(C1CCOC2(CCSC2)C1)C1CC2CCC1O2. The molecule has 0 aliphatic carbocycles. The number of rotatable bonds is 4. The highest BCUT2D eigenvalue weighted by Crippen LogP contribution is 2.46. The smallest absolute Gasteiger partial charge is 0.0783 e. The standard InChI is InChI=1S/C17H29NO2S/c1-2-18-16(14-9-13-3-4-15(14)20-13)12-5-7-19-17(10-12)6-8-21-11-17/h12-16,18H,2-11H2,1H3. The minimum atomic E-state index is 0.208. The number of nitrogens with one attached hydrogen (secondary N) is 1. The third kappa shape index (κ3) is 2.77. The first-order chi connectivity index (χ1) is 10.3. The normalized spacial score (nSPS) is 47.3. The van der Waals surface area contributed by atoms with Gasteiger partial charge in [0.2, 0.25) is 0 Å². The Balaban J connectivity index is 1.48. The Morgan fingerprint density at radius 3 is 2.95 bits per heavy atom. The van der Waals surface area contributed by atoms with Gasteiger partial charge in [0, 0.05) is 24.3 Å². The molecule has 0 radical (unpaired) electrons. The molecule has 4 aliphatic rings. The lowest BCUT2D eigenvalue weighted by atomic mass is 9.73. The van der Waals surface area contributed by atoms with Gasteiger partial charge < -0.3 is 14.8 Å². The highest BCUT2D eigenvalue weighted by atomic mass is 32.2. The molecule has 4 aliphatic heterocycles. The second kappa shape index (κ2) is 6.03. The predicted octanol–water partition coefficient (Wildman–Crippen LogP) is 2.83. The first kappa shape index (κ1) is 14.8. The summed E-state index contributed by atoms with van der Waals surface area (Å²) in [4.78, 5) is 0. The van der Waals surface area contributed by atoms with Crippen molar-refractivity contribution < 1.29 is 9.47 Å². The van der Waals surface area contributed by atoms with Crippen molar-refractivity contribution in [3.63, 3.8) is 0 Å².